The van der Waals surface area contributed by atoms with E-state index in [4.69, 9.17) is 4.74 Å². The number of carbonyl (C=O) groups excluding carboxylic acids is 2. The molecule has 2 amide bonds. The number of carbonyl (C=O) groups is 2. The highest BCUT2D eigenvalue weighted by Gasteiger charge is 2.29. The van der Waals surface area contributed by atoms with Gasteiger partial charge in [0, 0.05) is 25.6 Å². The van der Waals surface area contributed by atoms with E-state index in [0.717, 1.165) is 37.1 Å². The van der Waals surface area contributed by atoms with Crippen molar-refractivity contribution in [3.63, 3.8) is 0 Å². The van der Waals surface area contributed by atoms with Crippen molar-refractivity contribution in [1.29, 1.82) is 0 Å². The Labute approximate surface area is 150 Å². The molecule has 0 saturated carbocycles. The van der Waals surface area contributed by atoms with Crippen LogP contribution >= 0.6 is 0 Å². The average Bonchev–Trinajstić information content (AvgIpc) is 2.65. The Morgan fingerprint density at radius 3 is 2.88 bits per heavy atom. The van der Waals surface area contributed by atoms with E-state index < -0.39 is 0 Å². The average molecular weight is 346 g/mol. The van der Waals surface area contributed by atoms with Crippen LogP contribution in [0.2, 0.25) is 0 Å². The molecule has 0 radical (unpaired) electrons. The van der Waals surface area contributed by atoms with Gasteiger partial charge in [0.2, 0.25) is 11.8 Å². The molecule has 1 heterocycles. The summed E-state index contributed by atoms with van der Waals surface area (Å²) in [7, 11) is 0. The van der Waals surface area contributed by atoms with Gasteiger partial charge in [-0.05, 0) is 43.9 Å². The summed E-state index contributed by atoms with van der Waals surface area (Å²) in [5.41, 5.74) is 1.02. The molecule has 5 heteroatoms. The monoisotopic (exact) mass is 346 g/mol. The maximum Gasteiger partial charge on any atom is 0.225 e. The predicted octanol–water partition coefficient (Wildman–Crippen LogP) is 2.99. The first-order valence-corrected chi connectivity index (χ1v) is 9.33. The molecule has 0 aromatic heterocycles. The molecule has 1 saturated heterocycles. The first-order valence-electron chi connectivity index (χ1n) is 9.33. The summed E-state index contributed by atoms with van der Waals surface area (Å²) in [5, 5.41) is 3.01. The summed E-state index contributed by atoms with van der Waals surface area (Å²) in [6.07, 6.45) is 2.57. The molecule has 0 bridgehead atoms. The molecular weight excluding hydrogens is 316 g/mol. The smallest absolute Gasteiger partial charge is 0.225 e. The van der Waals surface area contributed by atoms with Crippen molar-refractivity contribution in [2.45, 2.75) is 46.6 Å². The number of piperidine rings is 1. The summed E-state index contributed by atoms with van der Waals surface area (Å²) >= 11 is 0. The highest BCUT2D eigenvalue weighted by molar-refractivity contribution is 5.82. The number of likely N-dealkylation sites (tertiary alicyclic amines) is 1. The van der Waals surface area contributed by atoms with E-state index in [1.165, 1.54) is 0 Å². The summed E-state index contributed by atoms with van der Waals surface area (Å²) in [6.45, 7) is 8.33. The number of hydrogen-bond donors (Lipinski definition) is 1. The molecule has 2 rings (SSSR count). The van der Waals surface area contributed by atoms with E-state index in [0.29, 0.717) is 19.7 Å². The molecule has 1 fully saturated rings. The predicted molar refractivity (Wildman–Crippen MR) is 98.2 cm³/mol. The van der Waals surface area contributed by atoms with E-state index in [-0.39, 0.29) is 23.7 Å². The van der Waals surface area contributed by atoms with Crippen molar-refractivity contribution in [2.24, 2.45) is 11.8 Å². The van der Waals surface area contributed by atoms with E-state index in [9.17, 15) is 9.59 Å². The lowest BCUT2D eigenvalue weighted by atomic mass is 9.95. The minimum Gasteiger partial charge on any atom is -0.494 e. The van der Waals surface area contributed by atoms with Gasteiger partial charge in [0.05, 0.1) is 12.5 Å². The van der Waals surface area contributed by atoms with Crippen LogP contribution in [0.1, 0.15) is 45.6 Å². The Kier molecular flexibility index (Phi) is 7.29. The summed E-state index contributed by atoms with van der Waals surface area (Å²) in [5.74, 6) is 0.935. The van der Waals surface area contributed by atoms with Gasteiger partial charge in [-0.25, -0.2) is 0 Å². The number of amides is 2. The zero-order valence-corrected chi connectivity index (χ0v) is 15.6. The quantitative estimate of drug-likeness (QED) is 0.826. The number of nitrogens with zero attached hydrogens (tertiary/aromatic N) is 1. The SMILES string of the molecule is CCOc1cccc(CNC(=O)[C@@H]2CCCN(C(=O)[C@@H](C)CC)C2)c1. The van der Waals surface area contributed by atoms with Crippen molar-refractivity contribution in [1.82, 2.24) is 10.2 Å². The number of hydrogen-bond acceptors (Lipinski definition) is 3. The van der Waals surface area contributed by atoms with Gasteiger partial charge < -0.3 is 15.0 Å². The molecule has 0 aliphatic carbocycles. The minimum absolute atomic E-state index is 0.0307. The molecule has 1 N–H and O–H groups in total. The van der Waals surface area contributed by atoms with Crippen LogP contribution in [0.25, 0.3) is 0 Å². The van der Waals surface area contributed by atoms with E-state index >= 15 is 0 Å². The minimum atomic E-state index is -0.114. The number of nitrogens with one attached hydrogen (secondary N) is 1. The van der Waals surface area contributed by atoms with Crippen LogP contribution in [-0.4, -0.2) is 36.4 Å². The lowest BCUT2D eigenvalue weighted by Gasteiger charge is -2.33. The maximum absolute atomic E-state index is 12.5. The molecule has 0 unspecified atom stereocenters. The van der Waals surface area contributed by atoms with Crippen LogP contribution in [0, 0.1) is 11.8 Å². The zero-order chi connectivity index (χ0) is 18.2. The lowest BCUT2D eigenvalue weighted by molar-refractivity contribution is -0.139. The fraction of sp³-hybridized carbons (Fsp3) is 0.600. The molecule has 0 spiro atoms. The Morgan fingerprint density at radius 2 is 2.16 bits per heavy atom. The highest BCUT2D eigenvalue weighted by Crippen LogP contribution is 2.20. The van der Waals surface area contributed by atoms with Crippen molar-refractivity contribution in [3.8, 4) is 5.75 Å². The molecule has 1 aromatic rings. The molecular formula is C20H30N2O3. The maximum atomic E-state index is 12.5. The van der Waals surface area contributed by atoms with Crippen molar-refractivity contribution in [3.05, 3.63) is 29.8 Å². The standard InChI is InChI=1S/C20H30N2O3/c1-4-15(3)20(24)22-11-7-9-17(14-22)19(23)21-13-16-8-6-10-18(12-16)25-5-2/h6,8,10,12,15,17H,4-5,7,9,11,13-14H2,1-3H3,(H,21,23)/t15-,17+/m0/s1. The molecule has 2 atom stereocenters. The van der Waals surface area contributed by atoms with Gasteiger partial charge in [-0.3, -0.25) is 9.59 Å². The Hall–Kier alpha value is -2.04. The Bertz CT molecular complexity index is 588. The second-order valence-electron chi connectivity index (χ2n) is 6.73. The fourth-order valence-electron chi connectivity index (χ4n) is 3.12. The van der Waals surface area contributed by atoms with Crippen LogP contribution in [-0.2, 0) is 16.1 Å². The van der Waals surface area contributed by atoms with Crippen molar-refractivity contribution >= 4 is 11.8 Å². The first-order chi connectivity index (χ1) is 12.0. The van der Waals surface area contributed by atoms with Crippen molar-refractivity contribution < 1.29 is 14.3 Å². The third-order valence-corrected chi connectivity index (χ3v) is 4.81. The number of rotatable bonds is 7. The zero-order valence-electron chi connectivity index (χ0n) is 15.6. The van der Waals surface area contributed by atoms with Gasteiger partial charge in [-0.15, -0.1) is 0 Å². The van der Waals surface area contributed by atoms with E-state index in [2.05, 4.69) is 5.32 Å². The van der Waals surface area contributed by atoms with Gasteiger partial charge in [0.25, 0.3) is 0 Å². The third kappa shape index (κ3) is 5.48. The number of benzene rings is 1. The third-order valence-electron chi connectivity index (χ3n) is 4.81. The topological polar surface area (TPSA) is 58.6 Å². The Morgan fingerprint density at radius 1 is 1.36 bits per heavy atom. The van der Waals surface area contributed by atoms with Gasteiger partial charge in [0.1, 0.15) is 5.75 Å². The van der Waals surface area contributed by atoms with Crippen LogP contribution in [0.4, 0.5) is 0 Å². The van der Waals surface area contributed by atoms with Crippen LogP contribution in [0.15, 0.2) is 24.3 Å². The molecule has 25 heavy (non-hydrogen) atoms. The largest absolute Gasteiger partial charge is 0.494 e. The Balaban J connectivity index is 1.88. The normalized spacial score (nSPS) is 18.5. The first kappa shape index (κ1) is 19.3. The number of ether oxygens (including phenoxy) is 1. The van der Waals surface area contributed by atoms with Gasteiger partial charge in [0.15, 0.2) is 0 Å². The van der Waals surface area contributed by atoms with Gasteiger partial charge in [-0.2, -0.15) is 0 Å². The summed E-state index contributed by atoms with van der Waals surface area (Å²) in [4.78, 5) is 26.7. The fourth-order valence-corrected chi connectivity index (χ4v) is 3.12. The second-order valence-corrected chi connectivity index (χ2v) is 6.73. The van der Waals surface area contributed by atoms with E-state index in [1.807, 2.05) is 49.9 Å². The lowest BCUT2D eigenvalue weighted by Crippen LogP contribution is -2.46. The highest BCUT2D eigenvalue weighted by atomic mass is 16.5. The van der Waals surface area contributed by atoms with Crippen LogP contribution < -0.4 is 10.1 Å². The van der Waals surface area contributed by atoms with Crippen molar-refractivity contribution in [2.75, 3.05) is 19.7 Å². The van der Waals surface area contributed by atoms with Crippen LogP contribution in [0.5, 0.6) is 5.75 Å². The summed E-state index contributed by atoms with van der Waals surface area (Å²) < 4.78 is 5.49. The van der Waals surface area contributed by atoms with Crippen LogP contribution in [0.3, 0.4) is 0 Å². The van der Waals surface area contributed by atoms with E-state index in [1.54, 1.807) is 0 Å². The second kappa shape index (κ2) is 9.44. The van der Waals surface area contributed by atoms with Gasteiger partial charge in [-0.1, -0.05) is 26.0 Å². The molecule has 1 aliphatic rings. The molecule has 1 aromatic carbocycles. The summed E-state index contributed by atoms with van der Waals surface area (Å²) in [6, 6.07) is 7.76. The molecule has 5 nitrogen and oxygen atoms in total. The molecule has 138 valence electrons. The molecule has 1 aliphatic heterocycles. The van der Waals surface area contributed by atoms with Gasteiger partial charge >= 0.3 is 0 Å².